The van der Waals surface area contributed by atoms with Gasteiger partial charge in [0.1, 0.15) is 49.1 Å². The Labute approximate surface area is 388 Å². The number of hydrogen-bond donors (Lipinski definition) is 0. The summed E-state index contributed by atoms with van der Waals surface area (Å²) in [6, 6.07) is 3.66. The molecule has 0 aliphatic rings. The van der Waals surface area contributed by atoms with Crippen LogP contribution in [0.25, 0.3) is 0 Å². The Morgan fingerprint density at radius 1 is 0.281 bits per heavy atom. The molecule has 0 unspecified atom stereocenters. The van der Waals surface area contributed by atoms with Crippen molar-refractivity contribution < 1.29 is 0 Å². The van der Waals surface area contributed by atoms with Crippen LogP contribution in [0.3, 0.4) is 0 Å². The zero-order valence-electron chi connectivity index (χ0n) is 42.4. The molecule has 18 heteroatoms. The molecule has 7 rings (SSSR count). The lowest BCUT2D eigenvalue weighted by molar-refractivity contribution is 0.907. The molecule has 7 heterocycles. The summed E-state index contributed by atoms with van der Waals surface area (Å²) in [4.78, 5) is 45.5. The van der Waals surface area contributed by atoms with Gasteiger partial charge in [-0.15, -0.1) is 15.3 Å². The summed E-state index contributed by atoms with van der Waals surface area (Å²) >= 11 is 0. The Morgan fingerprint density at radius 3 is 0.984 bits per heavy atom. The van der Waals surface area contributed by atoms with E-state index in [1.54, 1.807) is 75.0 Å². The van der Waals surface area contributed by atoms with Gasteiger partial charge in [0.2, 0.25) is 0 Å². The largest absolute Gasteiger partial charge is 0.261 e. The summed E-state index contributed by atoms with van der Waals surface area (Å²) in [5, 5.41) is 21.4. The van der Waals surface area contributed by atoms with Crippen LogP contribution < -0.4 is 0 Å². The summed E-state index contributed by atoms with van der Waals surface area (Å²) in [6.07, 6.45) is 24.0. The molecular weight excluding hydrogens is 805 g/mol. The van der Waals surface area contributed by atoms with Gasteiger partial charge < -0.3 is 0 Å². The molecule has 0 amide bonds. The maximum Gasteiger partial charge on any atom is 0.147 e. The van der Waals surface area contributed by atoms with Gasteiger partial charge in [0.15, 0.2) is 0 Å². The van der Waals surface area contributed by atoms with Gasteiger partial charge in [0.25, 0.3) is 0 Å². The van der Waals surface area contributed by atoms with Crippen LogP contribution in [0.5, 0.6) is 0 Å². The maximum atomic E-state index is 3.92. The predicted octanol–water partition coefficient (Wildman–Crippen LogP) is 10.9. The van der Waals surface area contributed by atoms with Crippen LogP contribution in [0.4, 0.5) is 0 Å². The average molecular weight is 889 g/mol. The normalized spacial score (nSPS) is 7.33. The van der Waals surface area contributed by atoms with Crippen LogP contribution in [-0.4, -0.2) is 90.4 Å². The molecule has 7 aromatic rings. The smallest absolute Gasteiger partial charge is 0.147 e. The minimum atomic E-state index is 0. The monoisotopic (exact) mass is 889 g/mol. The number of rotatable bonds is 0. The molecular formula is C46H84N18. The van der Waals surface area contributed by atoms with Crippen LogP contribution in [0.15, 0.2) is 106 Å². The SMILES string of the molecule is C.CC.CC.CC.CC.CC.CC.CC.Cc1ccncn1.Cc1cnccn1.Cc1cncnn1.Cc1cnncn1.Cc1ncccn1.Cc1nccnn1.Cc1ncncn1. The Kier molecular flexibility index (Phi) is 82.7. The first-order valence-electron chi connectivity index (χ1n) is 21.3. The van der Waals surface area contributed by atoms with Gasteiger partial charge in [-0.05, 0) is 60.6 Å². The lowest BCUT2D eigenvalue weighted by Gasteiger charge is -1.81. The van der Waals surface area contributed by atoms with Crippen molar-refractivity contribution in [3.8, 4) is 0 Å². The van der Waals surface area contributed by atoms with E-state index >= 15 is 0 Å². The molecule has 0 aliphatic carbocycles. The Morgan fingerprint density at radius 2 is 0.766 bits per heavy atom. The summed E-state index contributed by atoms with van der Waals surface area (Å²) in [7, 11) is 0. The van der Waals surface area contributed by atoms with Crippen molar-refractivity contribution in [3.05, 3.63) is 146 Å². The van der Waals surface area contributed by atoms with E-state index in [9.17, 15) is 0 Å². The third kappa shape index (κ3) is 67.1. The first-order valence-corrected chi connectivity index (χ1v) is 21.3. The van der Waals surface area contributed by atoms with Crippen LogP contribution in [-0.2, 0) is 0 Å². The van der Waals surface area contributed by atoms with Crippen LogP contribution in [0.2, 0.25) is 0 Å². The molecule has 0 aromatic carbocycles. The molecule has 0 saturated carbocycles. The van der Waals surface area contributed by atoms with Crippen molar-refractivity contribution in [2.45, 2.75) is 153 Å². The fourth-order valence-corrected chi connectivity index (χ4v) is 2.33. The van der Waals surface area contributed by atoms with Crippen LogP contribution in [0, 0.1) is 48.5 Å². The highest BCUT2D eigenvalue weighted by Crippen LogP contribution is 1.83. The van der Waals surface area contributed by atoms with E-state index in [0.717, 1.165) is 34.4 Å². The van der Waals surface area contributed by atoms with E-state index in [0.29, 0.717) is 5.82 Å². The quantitative estimate of drug-likeness (QED) is 0.138. The number of nitrogens with zero attached hydrogens (tertiary/aromatic N) is 18. The van der Waals surface area contributed by atoms with Crippen molar-refractivity contribution in [3.63, 3.8) is 0 Å². The molecule has 0 aliphatic heterocycles. The second-order valence-electron chi connectivity index (χ2n) is 8.87. The third-order valence-corrected chi connectivity index (χ3v) is 4.56. The van der Waals surface area contributed by atoms with Gasteiger partial charge in [-0.1, -0.05) is 104 Å². The molecule has 7 aromatic heterocycles. The highest BCUT2D eigenvalue weighted by molar-refractivity contribution is 4.92. The molecule has 0 N–H and O–H groups in total. The number of hydrogen-bond acceptors (Lipinski definition) is 18. The van der Waals surface area contributed by atoms with Crippen LogP contribution in [0.1, 0.15) is 145 Å². The molecule has 0 saturated heterocycles. The molecule has 18 nitrogen and oxygen atoms in total. The van der Waals surface area contributed by atoms with E-state index in [1.165, 1.54) is 31.6 Å². The number of aromatic nitrogens is 18. The minimum Gasteiger partial charge on any atom is -0.261 e. The zero-order chi connectivity index (χ0) is 49.8. The second kappa shape index (κ2) is 70.8. The van der Waals surface area contributed by atoms with Crippen molar-refractivity contribution in [2.75, 3.05) is 0 Å². The van der Waals surface area contributed by atoms with Gasteiger partial charge in [-0.25, -0.2) is 49.8 Å². The summed E-state index contributed by atoms with van der Waals surface area (Å²) in [5.41, 5.74) is 3.72. The summed E-state index contributed by atoms with van der Waals surface area (Å²) in [5.74, 6) is 2.29. The van der Waals surface area contributed by atoms with E-state index in [4.69, 9.17) is 0 Å². The Hall–Kier alpha value is -6.72. The van der Waals surface area contributed by atoms with Crippen molar-refractivity contribution in [2.24, 2.45) is 0 Å². The molecule has 0 bridgehead atoms. The van der Waals surface area contributed by atoms with Crippen molar-refractivity contribution >= 4 is 0 Å². The highest BCUT2D eigenvalue weighted by atomic mass is 15.1. The van der Waals surface area contributed by atoms with E-state index in [2.05, 4.69) is 90.4 Å². The van der Waals surface area contributed by atoms with E-state index in [-0.39, 0.29) is 7.43 Å². The fraction of sp³-hybridized carbons (Fsp3) is 0.478. The van der Waals surface area contributed by atoms with Gasteiger partial charge in [0.05, 0.1) is 35.7 Å². The topological polar surface area (TPSA) is 232 Å². The van der Waals surface area contributed by atoms with Gasteiger partial charge in [-0.3, -0.25) is 9.97 Å². The molecule has 358 valence electrons. The average Bonchev–Trinajstić information content (AvgIpc) is 3.36. The maximum absolute atomic E-state index is 3.92. The van der Waals surface area contributed by atoms with E-state index < -0.39 is 0 Å². The molecule has 0 radical (unpaired) electrons. The first-order chi connectivity index (χ1) is 30.8. The lowest BCUT2D eigenvalue weighted by Crippen LogP contribution is -1.85. The highest BCUT2D eigenvalue weighted by Gasteiger charge is 1.79. The minimum absolute atomic E-state index is 0. The molecule has 0 spiro atoms. The second-order valence-corrected chi connectivity index (χ2v) is 8.87. The number of aryl methyl sites for hydroxylation is 7. The van der Waals surface area contributed by atoms with Gasteiger partial charge in [0, 0.05) is 49.1 Å². The van der Waals surface area contributed by atoms with Gasteiger partial charge in [-0.2, -0.15) is 15.3 Å². The summed E-state index contributed by atoms with van der Waals surface area (Å²) in [6.45, 7) is 41.0. The molecule has 0 fully saturated rings. The summed E-state index contributed by atoms with van der Waals surface area (Å²) < 4.78 is 0. The van der Waals surface area contributed by atoms with Crippen molar-refractivity contribution in [1.82, 2.24) is 90.4 Å². The predicted molar refractivity (Wildman–Crippen MR) is 265 cm³/mol. The van der Waals surface area contributed by atoms with Crippen LogP contribution >= 0.6 is 0 Å². The third-order valence-electron chi connectivity index (χ3n) is 4.56. The fourth-order valence-electron chi connectivity index (χ4n) is 2.33. The standard InChI is InChI=1S/3C5H6N2.4C4H5N3.7C2H6.CH4/c1-5-4-6-2-3-7-5;1-5-2-3-6-4-7-5;1-5-6-3-2-4-7-5;1-4-6-2-5-3-7-4;1-4-2-6-7-3-5-4;1-4-2-5-3-6-7-4;1-4-5-2-3-6-7-4;7*1-2;/h3*2-4H,1H3;4*2-3H,1H3;7*1-2H3;1H4. The Balaban J connectivity index is -0.0000000908. The van der Waals surface area contributed by atoms with Crippen molar-refractivity contribution in [1.29, 1.82) is 0 Å². The lowest BCUT2D eigenvalue weighted by atomic mass is 10.5. The Bertz CT molecular complexity index is 1330. The first kappa shape index (κ1) is 74.7. The zero-order valence-corrected chi connectivity index (χ0v) is 42.4. The van der Waals surface area contributed by atoms with Gasteiger partial charge >= 0.3 is 0 Å². The molecule has 0 atom stereocenters. The molecule has 64 heavy (non-hydrogen) atoms. The van der Waals surface area contributed by atoms with E-state index in [1.807, 2.05) is 145 Å².